The maximum atomic E-state index is 13.8. The van der Waals surface area contributed by atoms with Gasteiger partial charge in [-0.1, -0.05) is 12.1 Å². The van der Waals surface area contributed by atoms with E-state index >= 15 is 0 Å². The number of rotatable bonds is 3. The van der Waals surface area contributed by atoms with Gasteiger partial charge >= 0.3 is 0 Å². The molecule has 1 atom stereocenters. The molecule has 26 heavy (non-hydrogen) atoms. The van der Waals surface area contributed by atoms with Gasteiger partial charge in [0.1, 0.15) is 5.82 Å². The second-order valence-electron chi connectivity index (χ2n) is 6.92. The number of nitrogens with zero attached hydrogens (tertiary/aromatic N) is 1. The van der Waals surface area contributed by atoms with E-state index in [0.717, 1.165) is 30.6 Å². The molecule has 5 heteroatoms. The molecule has 2 aromatic rings. The highest BCUT2D eigenvalue weighted by Gasteiger charge is 2.26. The van der Waals surface area contributed by atoms with E-state index < -0.39 is 0 Å². The highest BCUT2D eigenvalue weighted by Crippen LogP contribution is 2.33. The Morgan fingerprint density at radius 1 is 1.08 bits per heavy atom. The molecule has 1 unspecified atom stereocenters. The number of piperidine rings is 1. The van der Waals surface area contributed by atoms with E-state index in [-0.39, 0.29) is 23.7 Å². The first kappa shape index (κ1) is 16.8. The van der Waals surface area contributed by atoms with Crippen LogP contribution in [0.15, 0.2) is 42.5 Å². The number of carbonyl (C=O) groups excluding carboxylic acids is 2. The second-order valence-corrected chi connectivity index (χ2v) is 6.92. The summed E-state index contributed by atoms with van der Waals surface area (Å²) in [6.07, 6.45) is 3.89. The number of hydrogen-bond donors (Lipinski definition) is 1. The summed E-state index contributed by atoms with van der Waals surface area (Å²) < 4.78 is 13.8. The highest BCUT2D eigenvalue weighted by molar-refractivity contribution is 5.97. The number of nitrogens with one attached hydrogen (secondary N) is 1. The van der Waals surface area contributed by atoms with Gasteiger partial charge in [0.05, 0.1) is 6.04 Å². The Morgan fingerprint density at radius 2 is 1.88 bits per heavy atom. The molecular weight excluding hydrogens is 331 g/mol. The summed E-state index contributed by atoms with van der Waals surface area (Å²) in [5.41, 5.74) is 2.95. The number of anilines is 1. The fraction of sp³-hybridized carbons (Fsp3) is 0.333. The van der Waals surface area contributed by atoms with Crippen LogP contribution in [0.1, 0.15) is 53.2 Å². The molecule has 1 heterocycles. The lowest BCUT2D eigenvalue weighted by atomic mass is 10.1. The molecular formula is C21H21FN2O2. The maximum Gasteiger partial charge on any atom is 0.251 e. The van der Waals surface area contributed by atoms with Crippen molar-refractivity contribution in [3.63, 3.8) is 0 Å². The van der Waals surface area contributed by atoms with E-state index in [1.807, 2.05) is 18.2 Å². The van der Waals surface area contributed by atoms with Crippen LogP contribution >= 0.6 is 0 Å². The molecule has 1 saturated heterocycles. The first-order valence-electron chi connectivity index (χ1n) is 9.12. The first-order chi connectivity index (χ1) is 12.6. The van der Waals surface area contributed by atoms with Gasteiger partial charge in [0, 0.05) is 24.2 Å². The minimum atomic E-state index is -0.199. The molecule has 0 spiro atoms. The summed E-state index contributed by atoms with van der Waals surface area (Å²) >= 11 is 0. The lowest BCUT2D eigenvalue weighted by Gasteiger charge is -2.26. The van der Waals surface area contributed by atoms with Crippen LogP contribution in [0.5, 0.6) is 0 Å². The predicted molar refractivity (Wildman–Crippen MR) is 97.6 cm³/mol. The fourth-order valence-electron chi connectivity index (χ4n) is 3.87. The molecule has 2 aromatic carbocycles. The smallest absolute Gasteiger partial charge is 0.251 e. The molecule has 1 N–H and O–H groups in total. The summed E-state index contributed by atoms with van der Waals surface area (Å²) in [4.78, 5) is 26.3. The Hall–Kier alpha value is -2.69. The second kappa shape index (κ2) is 6.90. The van der Waals surface area contributed by atoms with Crippen molar-refractivity contribution in [2.45, 2.75) is 38.1 Å². The van der Waals surface area contributed by atoms with Crippen molar-refractivity contribution in [2.24, 2.45) is 0 Å². The Morgan fingerprint density at radius 3 is 2.65 bits per heavy atom. The van der Waals surface area contributed by atoms with Crippen molar-refractivity contribution in [1.82, 2.24) is 5.32 Å². The van der Waals surface area contributed by atoms with Crippen LogP contribution in [0.3, 0.4) is 0 Å². The van der Waals surface area contributed by atoms with Crippen molar-refractivity contribution < 1.29 is 14.0 Å². The molecule has 1 aliphatic heterocycles. The minimum Gasteiger partial charge on any atom is -0.345 e. The predicted octanol–water partition coefficient (Wildman–Crippen LogP) is 3.76. The molecule has 0 saturated carbocycles. The van der Waals surface area contributed by atoms with Gasteiger partial charge in [-0.15, -0.1) is 0 Å². The Bertz CT molecular complexity index is 848. The number of fused-ring (bicyclic) bond motifs is 1. The van der Waals surface area contributed by atoms with Crippen LogP contribution in [0, 0.1) is 5.82 Å². The van der Waals surface area contributed by atoms with E-state index in [0.29, 0.717) is 30.4 Å². The van der Waals surface area contributed by atoms with E-state index in [9.17, 15) is 14.0 Å². The van der Waals surface area contributed by atoms with E-state index in [1.165, 1.54) is 6.07 Å². The number of halogens is 1. The van der Waals surface area contributed by atoms with Crippen molar-refractivity contribution >= 4 is 17.5 Å². The zero-order valence-electron chi connectivity index (χ0n) is 14.5. The van der Waals surface area contributed by atoms with Gasteiger partial charge in [-0.05, 0) is 67.1 Å². The Balaban J connectivity index is 1.46. The van der Waals surface area contributed by atoms with Crippen molar-refractivity contribution in [3.8, 4) is 0 Å². The molecule has 0 bridgehead atoms. The third kappa shape index (κ3) is 3.09. The third-order valence-corrected chi connectivity index (χ3v) is 5.28. The van der Waals surface area contributed by atoms with Gasteiger partial charge < -0.3 is 10.2 Å². The molecule has 1 aliphatic carbocycles. The fourth-order valence-corrected chi connectivity index (χ4v) is 3.87. The third-order valence-electron chi connectivity index (χ3n) is 5.28. The Kier molecular flexibility index (Phi) is 4.45. The van der Waals surface area contributed by atoms with Gasteiger partial charge in [-0.25, -0.2) is 4.39 Å². The summed E-state index contributed by atoms with van der Waals surface area (Å²) in [6, 6.07) is 12.0. The average molecular weight is 352 g/mol. The van der Waals surface area contributed by atoms with E-state index in [1.54, 1.807) is 23.1 Å². The van der Waals surface area contributed by atoms with Crippen LogP contribution in [0.25, 0.3) is 0 Å². The highest BCUT2D eigenvalue weighted by atomic mass is 19.1. The monoisotopic (exact) mass is 352 g/mol. The summed E-state index contributed by atoms with van der Waals surface area (Å²) in [5.74, 6) is -0.239. The summed E-state index contributed by atoms with van der Waals surface area (Å²) in [7, 11) is 0. The van der Waals surface area contributed by atoms with Crippen molar-refractivity contribution in [3.05, 3.63) is 65.0 Å². The Labute approximate surface area is 152 Å². The van der Waals surface area contributed by atoms with Gasteiger partial charge in [-0.3, -0.25) is 9.59 Å². The molecule has 2 aliphatic rings. The lowest BCUT2D eigenvalue weighted by molar-refractivity contribution is -0.119. The van der Waals surface area contributed by atoms with Gasteiger partial charge in [0.2, 0.25) is 5.91 Å². The van der Waals surface area contributed by atoms with Crippen LogP contribution in [-0.4, -0.2) is 18.4 Å². The largest absolute Gasteiger partial charge is 0.345 e. The molecule has 4 rings (SSSR count). The maximum absolute atomic E-state index is 13.8. The topological polar surface area (TPSA) is 49.4 Å². The zero-order chi connectivity index (χ0) is 18.1. The van der Waals surface area contributed by atoms with Crippen molar-refractivity contribution in [1.29, 1.82) is 0 Å². The minimum absolute atomic E-state index is 0.137. The standard InChI is InChI=1S/C21H21FN2O2/c22-18-5-3-4-17-16(18)11-12-19(17)23-21(26)14-7-9-15(10-8-14)24-13-2-1-6-20(24)25/h3-5,7-10,19H,1-2,6,11-13H2,(H,23,26). The number of carbonyl (C=O) groups is 2. The van der Waals surface area contributed by atoms with E-state index in [2.05, 4.69) is 5.32 Å². The summed E-state index contributed by atoms with van der Waals surface area (Å²) in [5, 5.41) is 3.00. The summed E-state index contributed by atoms with van der Waals surface area (Å²) in [6.45, 7) is 0.731. The molecule has 2 amide bonds. The molecule has 1 fully saturated rings. The normalized spacial score (nSPS) is 19.3. The zero-order valence-corrected chi connectivity index (χ0v) is 14.5. The van der Waals surface area contributed by atoms with Crippen LogP contribution in [-0.2, 0) is 11.2 Å². The van der Waals surface area contributed by atoms with Crippen LogP contribution in [0.2, 0.25) is 0 Å². The SMILES string of the molecule is O=C(NC1CCc2c(F)cccc21)c1ccc(N2CCCCC2=O)cc1. The van der Waals surface area contributed by atoms with E-state index in [4.69, 9.17) is 0 Å². The lowest BCUT2D eigenvalue weighted by Crippen LogP contribution is -2.35. The molecule has 0 aromatic heterocycles. The van der Waals surface area contributed by atoms with Crippen LogP contribution < -0.4 is 10.2 Å². The van der Waals surface area contributed by atoms with Gasteiger partial charge in [-0.2, -0.15) is 0 Å². The molecule has 0 radical (unpaired) electrons. The number of benzene rings is 2. The van der Waals surface area contributed by atoms with Gasteiger partial charge in [0.25, 0.3) is 5.91 Å². The average Bonchev–Trinajstić information content (AvgIpc) is 3.07. The van der Waals surface area contributed by atoms with Crippen molar-refractivity contribution in [2.75, 3.05) is 11.4 Å². The molecule has 4 nitrogen and oxygen atoms in total. The first-order valence-corrected chi connectivity index (χ1v) is 9.12. The molecule has 134 valence electrons. The van der Waals surface area contributed by atoms with Gasteiger partial charge in [0.15, 0.2) is 0 Å². The number of amides is 2. The quantitative estimate of drug-likeness (QED) is 0.914. The number of hydrogen-bond acceptors (Lipinski definition) is 2. The van der Waals surface area contributed by atoms with Crippen LogP contribution in [0.4, 0.5) is 10.1 Å².